The number of nitrogens with two attached hydrogens (primary N) is 3. The second kappa shape index (κ2) is 5.01. The monoisotopic (exact) mass is 259 g/mol. The molecule has 0 atom stereocenters. The van der Waals surface area contributed by atoms with Crippen LogP contribution in [0.15, 0.2) is 52.3 Å². The largest absolute Gasteiger partial charge is 0.399 e. The van der Waals surface area contributed by atoms with E-state index in [0.717, 1.165) is 9.79 Å². The molecule has 92 valence electrons. The standard InChI is InChI=1S/C13H13N3OS/c14-8-2-1-3-9(6-8)18-10-4-5-11(13(16)17)12(15)7-10/h1-7H,14-15H2,(H2,16,17). The average Bonchev–Trinajstić information content (AvgIpc) is 2.28. The zero-order valence-corrected chi connectivity index (χ0v) is 10.4. The predicted octanol–water partition coefficient (Wildman–Crippen LogP) is 2.10. The normalized spacial score (nSPS) is 10.2. The van der Waals surface area contributed by atoms with Gasteiger partial charge in [-0.25, -0.2) is 0 Å². The Bertz CT molecular complexity index is 599. The van der Waals surface area contributed by atoms with Crippen LogP contribution < -0.4 is 17.2 Å². The van der Waals surface area contributed by atoms with E-state index in [4.69, 9.17) is 17.2 Å². The summed E-state index contributed by atoms with van der Waals surface area (Å²) in [6.45, 7) is 0. The molecule has 0 aromatic heterocycles. The highest BCUT2D eigenvalue weighted by molar-refractivity contribution is 7.99. The smallest absolute Gasteiger partial charge is 0.250 e. The van der Waals surface area contributed by atoms with Crippen LogP contribution in [0, 0.1) is 0 Å². The maximum atomic E-state index is 11.1. The molecule has 0 aliphatic heterocycles. The van der Waals surface area contributed by atoms with Crippen molar-refractivity contribution >= 4 is 29.0 Å². The van der Waals surface area contributed by atoms with Crippen LogP contribution >= 0.6 is 11.8 Å². The van der Waals surface area contributed by atoms with E-state index in [0.29, 0.717) is 16.9 Å². The molecule has 0 radical (unpaired) electrons. The van der Waals surface area contributed by atoms with Gasteiger partial charge in [-0.3, -0.25) is 4.79 Å². The number of hydrogen-bond donors (Lipinski definition) is 3. The number of anilines is 2. The summed E-state index contributed by atoms with van der Waals surface area (Å²) in [4.78, 5) is 13.0. The quantitative estimate of drug-likeness (QED) is 0.735. The fraction of sp³-hybridized carbons (Fsp3) is 0. The second-order valence-corrected chi connectivity index (χ2v) is 4.93. The first-order chi connectivity index (χ1) is 8.56. The van der Waals surface area contributed by atoms with Crippen molar-refractivity contribution in [1.29, 1.82) is 0 Å². The lowest BCUT2D eigenvalue weighted by Crippen LogP contribution is -2.13. The van der Waals surface area contributed by atoms with Crippen LogP contribution in [0.3, 0.4) is 0 Å². The van der Waals surface area contributed by atoms with Gasteiger partial charge in [-0.2, -0.15) is 0 Å². The van der Waals surface area contributed by atoms with Crippen LogP contribution in [-0.2, 0) is 0 Å². The minimum atomic E-state index is -0.520. The Balaban J connectivity index is 2.25. The van der Waals surface area contributed by atoms with Gasteiger partial charge in [0.1, 0.15) is 0 Å². The maximum Gasteiger partial charge on any atom is 0.250 e. The number of nitrogen functional groups attached to an aromatic ring is 2. The average molecular weight is 259 g/mol. The van der Waals surface area contributed by atoms with Gasteiger partial charge >= 0.3 is 0 Å². The fourth-order valence-corrected chi connectivity index (χ4v) is 2.48. The molecule has 5 heteroatoms. The van der Waals surface area contributed by atoms with E-state index >= 15 is 0 Å². The Morgan fingerprint density at radius 2 is 1.72 bits per heavy atom. The van der Waals surface area contributed by atoms with Crippen molar-refractivity contribution in [3.63, 3.8) is 0 Å². The van der Waals surface area contributed by atoms with E-state index in [1.165, 1.54) is 11.8 Å². The minimum Gasteiger partial charge on any atom is -0.399 e. The third-order valence-corrected chi connectivity index (χ3v) is 3.36. The van der Waals surface area contributed by atoms with Gasteiger partial charge in [0.15, 0.2) is 0 Å². The maximum absolute atomic E-state index is 11.1. The number of rotatable bonds is 3. The highest BCUT2D eigenvalue weighted by Gasteiger charge is 2.07. The zero-order chi connectivity index (χ0) is 13.1. The van der Waals surface area contributed by atoms with Crippen molar-refractivity contribution in [2.75, 3.05) is 11.5 Å². The first kappa shape index (κ1) is 12.3. The van der Waals surface area contributed by atoms with Crippen molar-refractivity contribution in [3.8, 4) is 0 Å². The Morgan fingerprint density at radius 1 is 1.00 bits per heavy atom. The molecule has 6 N–H and O–H groups in total. The molecule has 2 rings (SSSR count). The van der Waals surface area contributed by atoms with Crippen LogP contribution in [-0.4, -0.2) is 5.91 Å². The summed E-state index contributed by atoms with van der Waals surface area (Å²) in [6.07, 6.45) is 0. The van der Waals surface area contributed by atoms with Crippen LogP contribution in [0.25, 0.3) is 0 Å². The number of primary amides is 1. The summed E-state index contributed by atoms with van der Waals surface area (Å²) in [5, 5.41) is 0. The zero-order valence-electron chi connectivity index (χ0n) is 9.59. The molecule has 0 saturated carbocycles. The molecule has 4 nitrogen and oxygen atoms in total. The number of carbonyl (C=O) groups excluding carboxylic acids is 1. The van der Waals surface area contributed by atoms with E-state index in [-0.39, 0.29) is 0 Å². The summed E-state index contributed by atoms with van der Waals surface area (Å²) < 4.78 is 0. The lowest BCUT2D eigenvalue weighted by molar-refractivity contribution is 0.100. The second-order valence-electron chi connectivity index (χ2n) is 3.79. The topological polar surface area (TPSA) is 95.1 Å². The predicted molar refractivity (Wildman–Crippen MR) is 74.3 cm³/mol. The number of benzene rings is 2. The molecule has 0 aliphatic rings. The number of carbonyl (C=O) groups is 1. The summed E-state index contributed by atoms with van der Waals surface area (Å²) in [5.74, 6) is -0.520. The van der Waals surface area contributed by atoms with E-state index in [1.807, 2.05) is 30.3 Å². The van der Waals surface area contributed by atoms with Crippen LogP contribution in [0.1, 0.15) is 10.4 Å². The molecule has 0 bridgehead atoms. The van der Waals surface area contributed by atoms with Crippen molar-refractivity contribution in [3.05, 3.63) is 48.0 Å². The fourth-order valence-electron chi connectivity index (χ4n) is 1.54. The molecular weight excluding hydrogens is 246 g/mol. The van der Waals surface area contributed by atoms with Gasteiger partial charge in [-0.15, -0.1) is 0 Å². The van der Waals surface area contributed by atoms with Crippen molar-refractivity contribution < 1.29 is 4.79 Å². The Kier molecular flexibility index (Phi) is 3.43. The summed E-state index contributed by atoms with van der Waals surface area (Å²) >= 11 is 1.52. The molecule has 1 amide bonds. The van der Waals surface area contributed by atoms with Gasteiger partial charge in [-0.05, 0) is 36.4 Å². The minimum absolute atomic E-state index is 0.340. The van der Waals surface area contributed by atoms with E-state index < -0.39 is 5.91 Å². The van der Waals surface area contributed by atoms with Crippen molar-refractivity contribution in [2.24, 2.45) is 5.73 Å². The van der Waals surface area contributed by atoms with Crippen LogP contribution in [0.5, 0.6) is 0 Å². The van der Waals surface area contributed by atoms with Gasteiger partial charge in [0, 0.05) is 21.2 Å². The molecular formula is C13H13N3OS. The Morgan fingerprint density at radius 3 is 2.33 bits per heavy atom. The molecule has 0 spiro atoms. The van der Waals surface area contributed by atoms with E-state index in [1.54, 1.807) is 12.1 Å². The molecule has 0 heterocycles. The highest BCUT2D eigenvalue weighted by Crippen LogP contribution is 2.30. The lowest BCUT2D eigenvalue weighted by Gasteiger charge is -2.06. The van der Waals surface area contributed by atoms with Gasteiger partial charge in [0.25, 0.3) is 5.91 Å². The van der Waals surface area contributed by atoms with Gasteiger partial charge in [0.05, 0.1) is 5.56 Å². The molecule has 0 aliphatic carbocycles. The third kappa shape index (κ3) is 2.75. The van der Waals surface area contributed by atoms with Gasteiger partial charge < -0.3 is 17.2 Å². The molecule has 2 aromatic carbocycles. The van der Waals surface area contributed by atoms with E-state index in [9.17, 15) is 4.79 Å². The molecule has 2 aromatic rings. The molecule has 0 saturated heterocycles. The van der Waals surface area contributed by atoms with Crippen LogP contribution in [0.4, 0.5) is 11.4 Å². The Hall–Kier alpha value is -2.14. The number of hydrogen-bond acceptors (Lipinski definition) is 4. The van der Waals surface area contributed by atoms with E-state index in [2.05, 4.69) is 0 Å². The highest BCUT2D eigenvalue weighted by atomic mass is 32.2. The molecule has 18 heavy (non-hydrogen) atoms. The first-order valence-electron chi connectivity index (χ1n) is 5.29. The van der Waals surface area contributed by atoms with Crippen molar-refractivity contribution in [2.45, 2.75) is 9.79 Å². The lowest BCUT2D eigenvalue weighted by atomic mass is 10.2. The van der Waals surface area contributed by atoms with Gasteiger partial charge in [0.2, 0.25) is 0 Å². The molecule has 0 unspecified atom stereocenters. The number of amides is 1. The summed E-state index contributed by atoms with van der Waals surface area (Å²) in [5.41, 5.74) is 18.1. The molecule has 0 fully saturated rings. The van der Waals surface area contributed by atoms with Gasteiger partial charge in [-0.1, -0.05) is 17.8 Å². The summed E-state index contributed by atoms with van der Waals surface area (Å²) in [7, 11) is 0. The van der Waals surface area contributed by atoms with Crippen molar-refractivity contribution in [1.82, 2.24) is 0 Å². The third-order valence-electron chi connectivity index (χ3n) is 2.38. The SMILES string of the molecule is NC(=O)c1ccc(Sc2cccc(N)c2)cc1N. The Labute approximate surface area is 109 Å². The summed E-state index contributed by atoms with van der Waals surface area (Å²) in [6, 6.07) is 12.7. The first-order valence-corrected chi connectivity index (χ1v) is 6.10. The van der Waals surface area contributed by atoms with Crippen LogP contribution in [0.2, 0.25) is 0 Å².